The maximum Gasteiger partial charge on any atom is 0.223 e. The SMILES string of the molecule is CC1(CNC(=O)C2CCC2)CCCNC1.Cl. The van der Waals surface area contributed by atoms with Crippen LogP contribution in [-0.2, 0) is 4.79 Å². The lowest BCUT2D eigenvalue weighted by atomic mass is 9.81. The van der Waals surface area contributed by atoms with E-state index in [1.807, 2.05) is 0 Å². The predicted octanol–water partition coefficient (Wildman–Crippen LogP) is 1.71. The molecule has 2 fully saturated rings. The van der Waals surface area contributed by atoms with Crippen LogP contribution < -0.4 is 10.6 Å². The zero-order valence-corrected chi connectivity index (χ0v) is 10.9. The molecule has 1 saturated carbocycles. The van der Waals surface area contributed by atoms with E-state index in [9.17, 15) is 4.79 Å². The molecule has 0 aromatic heterocycles. The van der Waals surface area contributed by atoms with Crippen LogP contribution in [0, 0.1) is 11.3 Å². The molecule has 0 aromatic rings. The van der Waals surface area contributed by atoms with Crippen molar-refractivity contribution in [3.8, 4) is 0 Å². The smallest absolute Gasteiger partial charge is 0.223 e. The summed E-state index contributed by atoms with van der Waals surface area (Å²) in [5, 5.41) is 6.52. The molecule has 1 aliphatic heterocycles. The van der Waals surface area contributed by atoms with Crippen LogP contribution >= 0.6 is 12.4 Å². The summed E-state index contributed by atoms with van der Waals surface area (Å²) in [5.41, 5.74) is 0.275. The van der Waals surface area contributed by atoms with Gasteiger partial charge in [-0.25, -0.2) is 0 Å². The Labute approximate surface area is 104 Å². The number of carbonyl (C=O) groups excluding carboxylic acids is 1. The first kappa shape index (κ1) is 13.8. The summed E-state index contributed by atoms with van der Waals surface area (Å²) in [6, 6.07) is 0. The summed E-state index contributed by atoms with van der Waals surface area (Å²) in [5.74, 6) is 0.609. The van der Waals surface area contributed by atoms with Crippen LogP contribution in [0.3, 0.4) is 0 Å². The Kier molecular flexibility index (Phi) is 5.06. The molecule has 2 N–H and O–H groups in total. The van der Waals surface area contributed by atoms with Crippen molar-refractivity contribution in [3.63, 3.8) is 0 Å². The molecule has 16 heavy (non-hydrogen) atoms. The van der Waals surface area contributed by atoms with Gasteiger partial charge in [0.05, 0.1) is 0 Å². The van der Waals surface area contributed by atoms with Gasteiger partial charge >= 0.3 is 0 Å². The Morgan fingerprint density at radius 1 is 1.44 bits per heavy atom. The van der Waals surface area contributed by atoms with Crippen LogP contribution in [0.2, 0.25) is 0 Å². The average Bonchev–Trinajstić information content (AvgIpc) is 2.14. The first-order valence-electron chi connectivity index (χ1n) is 6.18. The molecule has 1 atom stereocenters. The highest BCUT2D eigenvalue weighted by Crippen LogP contribution is 2.28. The Bertz CT molecular complexity index is 235. The van der Waals surface area contributed by atoms with E-state index >= 15 is 0 Å². The molecule has 1 saturated heterocycles. The molecule has 4 heteroatoms. The van der Waals surface area contributed by atoms with Crippen molar-refractivity contribution < 1.29 is 4.79 Å². The predicted molar refractivity (Wildman–Crippen MR) is 67.8 cm³/mol. The van der Waals surface area contributed by atoms with Crippen LogP contribution in [-0.4, -0.2) is 25.5 Å². The Morgan fingerprint density at radius 3 is 2.69 bits per heavy atom. The third-order valence-electron chi connectivity index (χ3n) is 3.85. The van der Waals surface area contributed by atoms with E-state index in [1.54, 1.807) is 0 Å². The molecule has 0 aromatic carbocycles. The van der Waals surface area contributed by atoms with Crippen molar-refractivity contribution in [2.75, 3.05) is 19.6 Å². The molecule has 1 aliphatic carbocycles. The van der Waals surface area contributed by atoms with Gasteiger partial charge in [0.25, 0.3) is 0 Å². The van der Waals surface area contributed by atoms with Crippen LogP contribution in [0.4, 0.5) is 0 Å². The highest BCUT2D eigenvalue weighted by atomic mass is 35.5. The third-order valence-corrected chi connectivity index (χ3v) is 3.85. The number of halogens is 1. The van der Waals surface area contributed by atoms with Gasteiger partial charge in [0, 0.05) is 19.0 Å². The van der Waals surface area contributed by atoms with Gasteiger partial charge in [-0.15, -0.1) is 12.4 Å². The van der Waals surface area contributed by atoms with Crippen molar-refractivity contribution in [3.05, 3.63) is 0 Å². The van der Waals surface area contributed by atoms with E-state index in [2.05, 4.69) is 17.6 Å². The van der Waals surface area contributed by atoms with Crippen molar-refractivity contribution in [1.29, 1.82) is 0 Å². The fraction of sp³-hybridized carbons (Fsp3) is 0.917. The maximum atomic E-state index is 11.7. The summed E-state index contributed by atoms with van der Waals surface area (Å²) in [7, 11) is 0. The summed E-state index contributed by atoms with van der Waals surface area (Å²) < 4.78 is 0. The fourth-order valence-corrected chi connectivity index (χ4v) is 2.38. The van der Waals surface area contributed by atoms with E-state index in [1.165, 1.54) is 19.3 Å². The number of carbonyl (C=O) groups is 1. The summed E-state index contributed by atoms with van der Waals surface area (Å²) >= 11 is 0. The van der Waals surface area contributed by atoms with Crippen LogP contribution in [0.15, 0.2) is 0 Å². The number of amides is 1. The van der Waals surface area contributed by atoms with Crippen LogP contribution in [0.5, 0.6) is 0 Å². The molecule has 1 amide bonds. The topological polar surface area (TPSA) is 41.1 Å². The normalized spacial score (nSPS) is 30.1. The summed E-state index contributed by atoms with van der Waals surface area (Å²) in [6.45, 7) is 5.28. The molecule has 1 unspecified atom stereocenters. The molecule has 1 heterocycles. The van der Waals surface area contributed by atoms with Gasteiger partial charge in [-0.2, -0.15) is 0 Å². The first-order valence-corrected chi connectivity index (χ1v) is 6.18. The Morgan fingerprint density at radius 2 is 2.19 bits per heavy atom. The standard InChI is InChI=1S/C12H22N2O.ClH/c1-12(6-3-7-13-8-12)9-14-11(15)10-4-2-5-10;/h10,13H,2-9H2,1H3,(H,14,15);1H. The molecule has 3 nitrogen and oxygen atoms in total. The lowest BCUT2D eigenvalue weighted by molar-refractivity contribution is -0.127. The van der Waals surface area contributed by atoms with Crippen LogP contribution in [0.25, 0.3) is 0 Å². The highest BCUT2D eigenvalue weighted by molar-refractivity contribution is 5.85. The molecule has 2 rings (SSSR count). The van der Waals surface area contributed by atoms with E-state index in [0.717, 1.165) is 32.5 Å². The number of hydrogen-bond donors (Lipinski definition) is 2. The Hall–Kier alpha value is -0.280. The molecule has 0 radical (unpaired) electrons. The van der Waals surface area contributed by atoms with Gasteiger partial charge in [0.2, 0.25) is 5.91 Å². The molecule has 0 spiro atoms. The Balaban J connectivity index is 0.00000128. The van der Waals surface area contributed by atoms with Gasteiger partial charge < -0.3 is 10.6 Å². The zero-order valence-electron chi connectivity index (χ0n) is 10.1. The fourth-order valence-electron chi connectivity index (χ4n) is 2.38. The number of nitrogens with one attached hydrogen (secondary N) is 2. The second kappa shape index (κ2) is 5.87. The number of hydrogen-bond acceptors (Lipinski definition) is 2. The molecule has 0 bridgehead atoms. The van der Waals surface area contributed by atoms with Crippen molar-refractivity contribution in [2.24, 2.45) is 11.3 Å². The summed E-state index contributed by atoms with van der Waals surface area (Å²) in [6.07, 6.45) is 5.89. The second-order valence-electron chi connectivity index (χ2n) is 5.44. The van der Waals surface area contributed by atoms with Gasteiger partial charge in [0.15, 0.2) is 0 Å². The van der Waals surface area contributed by atoms with E-state index in [4.69, 9.17) is 0 Å². The average molecular weight is 247 g/mol. The molecular formula is C12H23ClN2O. The minimum absolute atomic E-state index is 0. The number of piperidine rings is 1. The summed E-state index contributed by atoms with van der Waals surface area (Å²) in [4.78, 5) is 11.7. The van der Waals surface area contributed by atoms with E-state index in [-0.39, 0.29) is 23.7 Å². The monoisotopic (exact) mass is 246 g/mol. The zero-order chi connectivity index (χ0) is 10.7. The van der Waals surface area contributed by atoms with Gasteiger partial charge in [0.1, 0.15) is 0 Å². The molecule has 2 aliphatic rings. The maximum absolute atomic E-state index is 11.7. The van der Waals surface area contributed by atoms with Gasteiger partial charge in [-0.3, -0.25) is 4.79 Å². The lowest BCUT2D eigenvalue weighted by Gasteiger charge is -2.35. The second-order valence-corrected chi connectivity index (χ2v) is 5.44. The van der Waals surface area contributed by atoms with E-state index < -0.39 is 0 Å². The highest BCUT2D eigenvalue weighted by Gasteiger charge is 2.30. The lowest BCUT2D eigenvalue weighted by Crippen LogP contribution is -2.47. The quantitative estimate of drug-likeness (QED) is 0.796. The molecule has 94 valence electrons. The van der Waals surface area contributed by atoms with Crippen molar-refractivity contribution >= 4 is 18.3 Å². The first-order chi connectivity index (χ1) is 7.20. The minimum atomic E-state index is 0. The van der Waals surface area contributed by atoms with Crippen molar-refractivity contribution in [1.82, 2.24) is 10.6 Å². The van der Waals surface area contributed by atoms with E-state index in [0.29, 0.717) is 5.92 Å². The third kappa shape index (κ3) is 3.36. The largest absolute Gasteiger partial charge is 0.355 e. The molecular weight excluding hydrogens is 224 g/mol. The minimum Gasteiger partial charge on any atom is -0.355 e. The van der Waals surface area contributed by atoms with Crippen LogP contribution in [0.1, 0.15) is 39.0 Å². The number of rotatable bonds is 3. The van der Waals surface area contributed by atoms with Crippen molar-refractivity contribution in [2.45, 2.75) is 39.0 Å². The van der Waals surface area contributed by atoms with Gasteiger partial charge in [-0.1, -0.05) is 13.3 Å². The van der Waals surface area contributed by atoms with Gasteiger partial charge in [-0.05, 0) is 37.6 Å².